The molecule has 5 atom stereocenters. The number of nitrogens with zero attached hydrogens (tertiary/aromatic N) is 6. The van der Waals surface area contributed by atoms with Crippen LogP contribution in [0.15, 0.2) is 35.9 Å². The highest BCUT2D eigenvalue weighted by Gasteiger charge is 2.46. The summed E-state index contributed by atoms with van der Waals surface area (Å²) in [4.78, 5) is 26.8. The van der Waals surface area contributed by atoms with E-state index >= 15 is 0 Å². The fourth-order valence-electron chi connectivity index (χ4n) is 3.75. The lowest BCUT2D eigenvalue weighted by atomic mass is 10.1. The van der Waals surface area contributed by atoms with Crippen molar-refractivity contribution in [3.8, 4) is 0 Å². The molecule has 3 aromatic rings. The molecule has 0 amide bonds. The van der Waals surface area contributed by atoms with Gasteiger partial charge in [0, 0.05) is 19.3 Å². The summed E-state index contributed by atoms with van der Waals surface area (Å²) in [5, 5.41) is 30.6. The maximum Gasteiger partial charge on any atom is 0.320 e. The van der Waals surface area contributed by atoms with Crippen molar-refractivity contribution in [1.82, 2.24) is 28.8 Å². The molecular formula is C19H23ClN8O7S. The lowest BCUT2D eigenvalue weighted by Gasteiger charge is -2.26. The van der Waals surface area contributed by atoms with Crippen LogP contribution in [-0.2, 0) is 19.6 Å². The van der Waals surface area contributed by atoms with Crippen LogP contribution in [0.5, 0.6) is 0 Å². The number of carboxylic acids is 1. The fourth-order valence-corrected chi connectivity index (χ4v) is 5.27. The third-order valence-electron chi connectivity index (χ3n) is 5.73. The molecule has 36 heavy (non-hydrogen) atoms. The van der Waals surface area contributed by atoms with Gasteiger partial charge in [-0.3, -0.25) is 9.36 Å². The van der Waals surface area contributed by atoms with E-state index in [0.717, 1.165) is 10.5 Å². The monoisotopic (exact) mass is 542 g/mol. The molecule has 1 saturated heterocycles. The van der Waals surface area contributed by atoms with Crippen LogP contribution >= 0.6 is 11.6 Å². The van der Waals surface area contributed by atoms with Crippen LogP contribution in [0.3, 0.4) is 0 Å². The van der Waals surface area contributed by atoms with E-state index in [1.165, 1.54) is 29.4 Å². The SMILES string of the molecule is Nc1ncnc2c1ncn2[C@@H]1O[C@H](CN(CC[C@H](N)C(=O)O)S(=O)(=O)c2ccc(Cl)nc2)[C@@H](O)[C@H]1O. The highest BCUT2D eigenvalue weighted by molar-refractivity contribution is 7.89. The van der Waals surface area contributed by atoms with Crippen molar-refractivity contribution in [2.75, 3.05) is 18.8 Å². The second-order valence-electron chi connectivity index (χ2n) is 8.04. The van der Waals surface area contributed by atoms with Crippen LogP contribution in [0.4, 0.5) is 5.82 Å². The van der Waals surface area contributed by atoms with Gasteiger partial charge in [0.15, 0.2) is 17.7 Å². The predicted octanol–water partition coefficient (Wildman–Crippen LogP) is -1.43. The van der Waals surface area contributed by atoms with Crippen LogP contribution in [0.1, 0.15) is 12.6 Å². The normalized spacial score (nSPS) is 23.4. The van der Waals surface area contributed by atoms with Gasteiger partial charge in [0.25, 0.3) is 0 Å². The van der Waals surface area contributed by atoms with Gasteiger partial charge in [-0.25, -0.2) is 28.4 Å². The van der Waals surface area contributed by atoms with Gasteiger partial charge >= 0.3 is 5.97 Å². The zero-order valence-electron chi connectivity index (χ0n) is 18.5. The number of rotatable bonds is 9. The number of anilines is 1. The van der Waals surface area contributed by atoms with E-state index in [1.807, 2.05) is 0 Å². The molecule has 4 rings (SSSR count). The van der Waals surface area contributed by atoms with E-state index in [1.54, 1.807) is 0 Å². The van der Waals surface area contributed by atoms with Gasteiger partial charge in [-0.2, -0.15) is 4.31 Å². The topological polar surface area (TPSA) is 233 Å². The summed E-state index contributed by atoms with van der Waals surface area (Å²) in [5.41, 5.74) is 11.9. The van der Waals surface area contributed by atoms with E-state index in [2.05, 4.69) is 19.9 Å². The number of imidazole rings is 1. The first-order chi connectivity index (χ1) is 17.0. The number of aromatic nitrogens is 5. The summed E-state index contributed by atoms with van der Waals surface area (Å²) in [6, 6.07) is 1.19. The lowest BCUT2D eigenvalue weighted by Crippen LogP contribution is -2.45. The Morgan fingerprint density at radius 2 is 1.97 bits per heavy atom. The van der Waals surface area contributed by atoms with Crippen molar-refractivity contribution < 1.29 is 33.3 Å². The van der Waals surface area contributed by atoms with E-state index in [9.17, 15) is 23.4 Å². The minimum Gasteiger partial charge on any atom is -0.480 e. The molecule has 1 aliphatic heterocycles. The maximum atomic E-state index is 13.3. The average molecular weight is 543 g/mol. The molecule has 1 aliphatic rings. The minimum atomic E-state index is -4.24. The van der Waals surface area contributed by atoms with Crippen molar-refractivity contribution in [2.45, 2.75) is 41.9 Å². The number of aliphatic hydroxyl groups excluding tert-OH is 2. The molecule has 0 unspecified atom stereocenters. The fraction of sp³-hybridized carbons (Fsp3) is 0.421. The van der Waals surface area contributed by atoms with Gasteiger partial charge in [0.2, 0.25) is 10.0 Å². The first-order valence-corrected chi connectivity index (χ1v) is 12.4. The Kier molecular flexibility index (Phi) is 7.37. The van der Waals surface area contributed by atoms with E-state index in [-0.39, 0.29) is 40.0 Å². The Bertz CT molecular complexity index is 1360. The molecule has 0 spiro atoms. The first-order valence-electron chi connectivity index (χ1n) is 10.6. The van der Waals surface area contributed by atoms with E-state index in [0.29, 0.717) is 0 Å². The van der Waals surface area contributed by atoms with Crippen LogP contribution in [-0.4, -0.2) is 96.0 Å². The molecule has 0 radical (unpaired) electrons. The summed E-state index contributed by atoms with van der Waals surface area (Å²) in [7, 11) is -4.24. The number of fused-ring (bicyclic) bond motifs is 1. The third kappa shape index (κ3) is 4.96. The maximum absolute atomic E-state index is 13.3. The van der Waals surface area contributed by atoms with Crippen molar-refractivity contribution in [2.24, 2.45) is 5.73 Å². The molecule has 0 aromatic carbocycles. The summed E-state index contributed by atoms with van der Waals surface area (Å²) in [6.07, 6.45) is -2.05. The minimum absolute atomic E-state index is 0.0749. The second kappa shape index (κ2) is 10.2. The number of pyridine rings is 1. The molecule has 0 saturated carbocycles. The number of hydrogen-bond acceptors (Lipinski definition) is 12. The molecule has 0 aliphatic carbocycles. The predicted molar refractivity (Wildman–Crippen MR) is 124 cm³/mol. The van der Waals surface area contributed by atoms with Crippen molar-refractivity contribution in [3.05, 3.63) is 36.1 Å². The Balaban J connectivity index is 1.61. The summed E-state index contributed by atoms with van der Waals surface area (Å²) < 4.78 is 34.8. The van der Waals surface area contributed by atoms with Gasteiger partial charge in [-0.1, -0.05) is 11.6 Å². The lowest BCUT2D eigenvalue weighted by molar-refractivity contribution is -0.138. The van der Waals surface area contributed by atoms with Gasteiger partial charge in [0.1, 0.15) is 46.2 Å². The molecule has 1 fully saturated rings. The van der Waals surface area contributed by atoms with Crippen LogP contribution in [0.2, 0.25) is 5.15 Å². The Morgan fingerprint density at radius 3 is 2.64 bits per heavy atom. The third-order valence-corrected chi connectivity index (χ3v) is 7.80. The number of aliphatic carboxylic acids is 1. The number of hydrogen-bond donors (Lipinski definition) is 5. The van der Waals surface area contributed by atoms with Gasteiger partial charge in [-0.05, 0) is 18.6 Å². The molecule has 7 N–H and O–H groups in total. The highest BCUT2D eigenvalue weighted by atomic mass is 35.5. The van der Waals surface area contributed by atoms with Crippen molar-refractivity contribution >= 4 is 44.6 Å². The summed E-state index contributed by atoms with van der Waals surface area (Å²) >= 11 is 5.76. The Hall–Kier alpha value is -2.99. The quantitative estimate of drug-likeness (QED) is 0.195. The smallest absolute Gasteiger partial charge is 0.320 e. The zero-order chi connectivity index (χ0) is 26.2. The van der Waals surface area contributed by atoms with Crippen LogP contribution in [0.25, 0.3) is 11.2 Å². The van der Waals surface area contributed by atoms with Gasteiger partial charge in [-0.15, -0.1) is 0 Å². The van der Waals surface area contributed by atoms with E-state index in [4.69, 9.17) is 32.9 Å². The number of carbonyl (C=O) groups is 1. The zero-order valence-corrected chi connectivity index (χ0v) is 20.1. The number of halogens is 1. The molecular weight excluding hydrogens is 520 g/mol. The Morgan fingerprint density at radius 1 is 1.22 bits per heavy atom. The van der Waals surface area contributed by atoms with Crippen LogP contribution in [0, 0.1) is 0 Å². The van der Waals surface area contributed by atoms with E-state index < -0.39 is 53.1 Å². The second-order valence-corrected chi connectivity index (χ2v) is 10.4. The van der Waals surface area contributed by atoms with Gasteiger partial charge in [0.05, 0.1) is 6.33 Å². The molecule has 4 heterocycles. The van der Waals surface area contributed by atoms with Crippen molar-refractivity contribution in [3.63, 3.8) is 0 Å². The number of aliphatic hydroxyl groups is 2. The molecule has 0 bridgehead atoms. The molecule has 194 valence electrons. The number of nitrogen functional groups attached to an aromatic ring is 1. The number of sulfonamides is 1. The van der Waals surface area contributed by atoms with Crippen molar-refractivity contribution in [1.29, 1.82) is 0 Å². The standard InChI is InChI=1S/C19H23ClN8O7S/c20-12-2-1-9(5-23-12)36(33,34)27(4-3-10(21)19(31)32)6-11-14(29)15(30)18(35-11)28-8-26-13-16(22)24-7-25-17(13)28/h1-2,5,7-8,10-11,14-15,18,29-30H,3-4,6,21H2,(H,31,32)(H2,22,24,25)/t10-,11+,14+,15+,18+/m0/s1. The summed E-state index contributed by atoms with van der Waals surface area (Å²) in [6.45, 7) is -0.751. The summed E-state index contributed by atoms with van der Waals surface area (Å²) in [5.74, 6) is -1.20. The molecule has 15 nitrogen and oxygen atoms in total. The van der Waals surface area contributed by atoms with Gasteiger partial charge < -0.3 is 31.5 Å². The number of carboxylic acid groups (broad SMARTS) is 1. The molecule has 3 aromatic heterocycles. The number of nitrogens with two attached hydrogens (primary N) is 2. The first kappa shape index (κ1) is 26.1. The largest absolute Gasteiger partial charge is 0.480 e. The average Bonchev–Trinajstić information content (AvgIpc) is 3.38. The number of ether oxygens (including phenoxy) is 1. The van der Waals surface area contributed by atoms with Crippen LogP contribution < -0.4 is 11.5 Å². The Labute approximate surface area is 209 Å². The highest BCUT2D eigenvalue weighted by Crippen LogP contribution is 2.33. The molecule has 17 heteroatoms.